The van der Waals surface area contributed by atoms with Crippen molar-refractivity contribution in [2.24, 2.45) is 5.41 Å². The molecule has 0 N–H and O–H groups in total. The second-order valence-electron chi connectivity index (χ2n) is 4.28. The Labute approximate surface area is 82.4 Å². The highest BCUT2D eigenvalue weighted by molar-refractivity contribution is 5.99. The van der Waals surface area contributed by atoms with E-state index in [1.54, 1.807) is 6.08 Å². The van der Waals surface area contributed by atoms with E-state index in [1.165, 1.54) is 6.08 Å². The quantitative estimate of drug-likeness (QED) is 0.430. The summed E-state index contributed by atoms with van der Waals surface area (Å²) in [4.78, 5) is 22.7. The summed E-state index contributed by atoms with van der Waals surface area (Å²) in [6.07, 6.45) is 3.44. The lowest BCUT2D eigenvalue weighted by molar-refractivity contribution is -0.145. The first kappa shape index (κ1) is 9.19. The zero-order chi connectivity index (χ0) is 10.6. The molecule has 0 saturated carbocycles. The Morgan fingerprint density at radius 2 is 2.07 bits per heavy atom. The second kappa shape index (κ2) is 2.35. The molecule has 0 radical (unpaired) electrons. The molecule has 0 aromatic heterocycles. The molecule has 1 saturated heterocycles. The number of ketones is 1. The maximum atomic E-state index is 11.4. The molecule has 2 aliphatic rings. The van der Waals surface area contributed by atoms with E-state index >= 15 is 0 Å². The zero-order valence-corrected chi connectivity index (χ0v) is 8.29. The predicted molar refractivity (Wildman–Crippen MR) is 50.5 cm³/mol. The van der Waals surface area contributed by atoms with Gasteiger partial charge in [-0.25, -0.2) is 4.79 Å². The molecule has 3 heteroatoms. The van der Waals surface area contributed by atoms with Crippen molar-refractivity contribution in [3.05, 3.63) is 24.3 Å². The van der Waals surface area contributed by atoms with Gasteiger partial charge in [-0.3, -0.25) is 4.79 Å². The molecule has 3 nitrogen and oxygen atoms in total. The fourth-order valence-electron chi connectivity index (χ4n) is 2.05. The van der Waals surface area contributed by atoms with Gasteiger partial charge in [0.15, 0.2) is 5.78 Å². The molecule has 0 aromatic carbocycles. The van der Waals surface area contributed by atoms with Gasteiger partial charge in [0.2, 0.25) is 0 Å². The Morgan fingerprint density at radius 1 is 1.43 bits per heavy atom. The number of carbonyl (C=O) groups is 2. The summed E-state index contributed by atoms with van der Waals surface area (Å²) in [7, 11) is 0. The molecule has 1 aliphatic heterocycles. The van der Waals surface area contributed by atoms with E-state index in [9.17, 15) is 9.59 Å². The van der Waals surface area contributed by atoms with Gasteiger partial charge in [0.25, 0.3) is 0 Å². The first-order chi connectivity index (χ1) is 6.39. The number of hydrogen-bond acceptors (Lipinski definition) is 3. The topological polar surface area (TPSA) is 43.4 Å². The molecule has 2 atom stereocenters. The van der Waals surface area contributed by atoms with Crippen LogP contribution in [0.4, 0.5) is 0 Å². The van der Waals surface area contributed by atoms with Gasteiger partial charge in [-0.1, -0.05) is 13.5 Å². The van der Waals surface area contributed by atoms with Crippen LogP contribution in [0.15, 0.2) is 24.3 Å². The van der Waals surface area contributed by atoms with Crippen LogP contribution in [0, 0.1) is 5.41 Å². The minimum Gasteiger partial charge on any atom is -0.451 e. The Bertz CT molecular complexity index is 380. The molecule has 0 bridgehead atoms. The molecular weight excluding hydrogens is 180 g/mol. The second-order valence-corrected chi connectivity index (χ2v) is 4.28. The summed E-state index contributed by atoms with van der Waals surface area (Å²) in [5.41, 5.74) is -0.872. The molecule has 0 aromatic rings. The van der Waals surface area contributed by atoms with E-state index in [0.717, 1.165) is 0 Å². The minimum absolute atomic E-state index is 0.0180. The van der Waals surface area contributed by atoms with Crippen LogP contribution in [0.25, 0.3) is 0 Å². The monoisotopic (exact) mass is 192 g/mol. The Balaban J connectivity index is 2.57. The number of carbonyl (C=O) groups excluding carboxylic acids is 2. The summed E-state index contributed by atoms with van der Waals surface area (Å²) in [5, 5.41) is 0. The van der Waals surface area contributed by atoms with Crippen LogP contribution in [0.5, 0.6) is 0 Å². The van der Waals surface area contributed by atoms with Crippen molar-refractivity contribution in [2.45, 2.75) is 25.9 Å². The van der Waals surface area contributed by atoms with Crippen LogP contribution < -0.4 is 0 Å². The average Bonchev–Trinajstić information content (AvgIpc) is 2.26. The molecule has 14 heavy (non-hydrogen) atoms. The largest absolute Gasteiger partial charge is 0.451 e. The third-order valence-electron chi connectivity index (χ3n) is 3.43. The van der Waals surface area contributed by atoms with Gasteiger partial charge in [0.05, 0.1) is 0 Å². The highest BCUT2D eigenvalue weighted by Gasteiger charge is 2.58. The zero-order valence-electron chi connectivity index (χ0n) is 8.29. The SMILES string of the molecule is C=C1C(=O)O[C@@]2(C)C=CC(=O)C[C@@]12C. The lowest BCUT2D eigenvalue weighted by Gasteiger charge is -2.37. The van der Waals surface area contributed by atoms with E-state index in [1.807, 2.05) is 13.8 Å². The summed E-state index contributed by atoms with van der Waals surface area (Å²) < 4.78 is 5.24. The molecule has 74 valence electrons. The van der Waals surface area contributed by atoms with Crippen molar-refractivity contribution in [1.29, 1.82) is 0 Å². The van der Waals surface area contributed by atoms with E-state index in [2.05, 4.69) is 6.58 Å². The van der Waals surface area contributed by atoms with Crippen molar-refractivity contribution < 1.29 is 14.3 Å². The van der Waals surface area contributed by atoms with E-state index in [0.29, 0.717) is 12.0 Å². The first-order valence-corrected chi connectivity index (χ1v) is 4.54. The van der Waals surface area contributed by atoms with Crippen LogP contribution >= 0.6 is 0 Å². The molecule has 0 unspecified atom stereocenters. The lowest BCUT2D eigenvalue weighted by Crippen LogP contribution is -2.43. The summed E-state index contributed by atoms with van der Waals surface area (Å²) >= 11 is 0. The van der Waals surface area contributed by atoms with Gasteiger partial charge < -0.3 is 4.74 Å². The Morgan fingerprint density at radius 3 is 2.71 bits per heavy atom. The predicted octanol–water partition coefficient (Wildman–Crippen LogP) is 1.39. The Kier molecular flexibility index (Phi) is 1.54. The van der Waals surface area contributed by atoms with Gasteiger partial charge in [-0.15, -0.1) is 0 Å². The van der Waals surface area contributed by atoms with Gasteiger partial charge in [-0.05, 0) is 19.1 Å². The third kappa shape index (κ3) is 0.870. The van der Waals surface area contributed by atoms with Gasteiger partial charge >= 0.3 is 5.97 Å². The normalized spacial score (nSPS) is 41.1. The minimum atomic E-state index is -0.699. The highest BCUT2D eigenvalue weighted by atomic mass is 16.6. The summed E-state index contributed by atoms with van der Waals surface area (Å²) in [5.74, 6) is -0.376. The molecular formula is C11H12O3. The fourth-order valence-corrected chi connectivity index (χ4v) is 2.05. The van der Waals surface area contributed by atoms with Crippen LogP contribution in [-0.4, -0.2) is 17.4 Å². The summed E-state index contributed by atoms with van der Waals surface area (Å²) in [6, 6.07) is 0. The van der Waals surface area contributed by atoms with Crippen LogP contribution in [0.3, 0.4) is 0 Å². The van der Waals surface area contributed by atoms with Crippen molar-refractivity contribution in [2.75, 3.05) is 0 Å². The van der Waals surface area contributed by atoms with Crippen molar-refractivity contribution in [3.63, 3.8) is 0 Å². The van der Waals surface area contributed by atoms with E-state index in [-0.39, 0.29) is 5.78 Å². The lowest BCUT2D eigenvalue weighted by atomic mass is 9.66. The van der Waals surface area contributed by atoms with Crippen molar-refractivity contribution >= 4 is 11.8 Å². The number of hydrogen-bond donors (Lipinski definition) is 0. The van der Waals surface area contributed by atoms with E-state index in [4.69, 9.17) is 4.74 Å². The maximum Gasteiger partial charge on any atom is 0.335 e. The number of allylic oxidation sites excluding steroid dienone is 1. The standard InChI is InChI=1S/C11H12O3/c1-7-9(13)14-11(3)5-4-8(12)6-10(7,11)2/h4-5H,1,6H2,2-3H3/t10-,11-/m0/s1. The molecule has 0 amide bonds. The maximum absolute atomic E-state index is 11.4. The number of rotatable bonds is 0. The van der Waals surface area contributed by atoms with E-state index < -0.39 is 17.0 Å². The molecule has 0 spiro atoms. The highest BCUT2D eigenvalue weighted by Crippen LogP contribution is 2.52. The Hall–Kier alpha value is -1.38. The smallest absolute Gasteiger partial charge is 0.335 e. The van der Waals surface area contributed by atoms with Gasteiger partial charge in [-0.2, -0.15) is 0 Å². The number of esters is 1. The average molecular weight is 192 g/mol. The third-order valence-corrected chi connectivity index (χ3v) is 3.43. The van der Waals surface area contributed by atoms with Gasteiger partial charge in [0.1, 0.15) is 5.60 Å². The first-order valence-electron chi connectivity index (χ1n) is 4.54. The number of ether oxygens (including phenoxy) is 1. The van der Waals surface area contributed by atoms with Gasteiger partial charge in [0, 0.05) is 17.4 Å². The van der Waals surface area contributed by atoms with Crippen LogP contribution in [0.2, 0.25) is 0 Å². The number of fused-ring (bicyclic) bond motifs is 1. The molecule has 1 aliphatic carbocycles. The molecule has 2 rings (SSSR count). The fraction of sp³-hybridized carbons (Fsp3) is 0.455. The van der Waals surface area contributed by atoms with Crippen LogP contribution in [0.1, 0.15) is 20.3 Å². The summed E-state index contributed by atoms with van der Waals surface area (Å²) in [6.45, 7) is 7.37. The van der Waals surface area contributed by atoms with Crippen molar-refractivity contribution in [3.8, 4) is 0 Å². The molecule has 1 fully saturated rings. The molecule has 1 heterocycles. The van der Waals surface area contributed by atoms with Crippen molar-refractivity contribution in [1.82, 2.24) is 0 Å². The van der Waals surface area contributed by atoms with Crippen LogP contribution in [-0.2, 0) is 14.3 Å².